The first kappa shape index (κ1) is 15.0. The zero-order chi connectivity index (χ0) is 15.4. The lowest BCUT2D eigenvalue weighted by Crippen LogP contribution is -2.55. The second-order valence-electron chi connectivity index (χ2n) is 5.14. The molecule has 116 valence electrons. The number of hydrogen-bond donors (Lipinski definition) is 2. The van der Waals surface area contributed by atoms with E-state index in [1.54, 1.807) is 12.4 Å². The van der Waals surface area contributed by atoms with Crippen molar-refractivity contribution in [1.29, 1.82) is 0 Å². The Morgan fingerprint density at radius 3 is 3.14 bits per heavy atom. The summed E-state index contributed by atoms with van der Waals surface area (Å²) in [6.07, 6.45) is 3.28. The van der Waals surface area contributed by atoms with Crippen molar-refractivity contribution in [2.75, 3.05) is 24.5 Å². The SMILES string of the molecule is NC1CN(c2cncc(OCc3cccc(Cl)c3)n2)CCN1. The van der Waals surface area contributed by atoms with Gasteiger partial charge in [0.2, 0.25) is 5.88 Å². The minimum atomic E-state index is -0.0495. The molecule has 1 aromatic heterocycles. The van der Waals surface area contributed by atoms with Crippen molar-refractivity contribution in [2.45, 2.75) is 12.8 Å². The smallest absolute Gasteiger partial charge is 0.234 e. The van der Waals surface area contributed by atoms with Gasteiger partial charge in [-0.2, -0.15) is 4.98 Å². The number of aromatic nitrogens is 2. The Labute approximate surface area is 134 Å². The molecular weight excluding hydrogens is 302 g/mol. The summed E-state index contributed by atoms with van der Waals surface area (Å²) in [5.41, 5.74) is 6.89. The Hall–Kier alpha value is -1.89. The quantitative estimate of drug-likeness (QED) is 0.887. The number of nitrogens with zero attached hydrogens (tertiary/aromatic N) is 3. The van der Waals surface area contributed by atoms with Crippen LogP contribution in [0.4, 0.5) is 5.82 Å². The van der Waals surface area contributed by atoms with Gasteiger partial charge in [0.1, 0.15) is 6.61 Å². The summed E-state index contributed by atoms with van der Waals surface area (Å²) < 4.78 is 5.70. The fourth-order valence-electron chi connectivity index (χ4n) is 2.33. The molecule has 0 bridgehead atoms. The van der Waals surface area contributed by atoms with Crippen molar-refractivity contribution in [2.24, 2.45) is 5.73 Å². The maximum atomic E-state index is 5.96. The van der Waals surface area contributed by atoms with Gasteiger partial charge in [0.05, 0.1) is 18.6 Å². The van der Waals surface area contributed by atoms with Crippen LogP contribution in [0.1, 0.15) is 5.56 Å². The van der Waals surface area contributed by atoms with Crippen molar-refractivity contribution in [3.63, 3.8) is 0 Å². The van der Waals surface area contributed by atoms with Crippen LogP contribution >= 0.6 is 11.6 Å². The van der Waals surface area contributed by atoms with E-state index in [1.165, 1.54) is 0 Å². The van der Waals surface area contributed by atoms with E-state index in [0.29, 0.717) is 24.1 Å². The molecule has 0 amide bonds. The molecular formula is C15H18ClN5O. The van der Waals surface area contributed by atoms with E-state index in [9.17, 15) is 0 Å². The number of nitrogens with two attached hydrogens (primary N) is 1. The third-order valence-electron chi connectivity index (χ3n) is 3.40. The number of ether oxygens (including phenoxy) is 1. The molecule has 1 saturated heterocycles. The third kappa shape index (κ3) is 3.85. The number of anilines is 1. The van der Waals surface area contributed by atoms with Crippen molar-refractivity contribution in [1.82, 2.24) is 15.3 Å². The van der Waals surface area contributed by atoms with Gasteiger partial charge in [0.25, 0.3) is 0 Å². The van der Waals surface area contributed by atoms with Gasteiger partial charge in [-0.1, -0.05) is 23.7 Å². The lowest BCUT2D eigenvalue weighted by Gasteiger charge is -2.32. The maximum absolute atomic E-state index is 5.96. The van der Waals surface area contributed by atoms with Crippen LogP contribution in [0.2, 0.25) is 5.02 Å². The molecule has 6 nitrogen and oxygen atoms in total. The van der Waals surface area contributed by atoms with Gasteiger partial charge in [-0.3, -0.25) is 10.3 Å². The summed E-state index contributed by atoms with van der Waals surface area (Å²) in [5.74, 6) is 1.27. The van der Waals surface area contributed by atoms with E-state index in [4.69, 9.17) is 22.1 Å². The van der Waals surface area contributed by atoms with Crippen molar-refractivity contribution in [3.05, 3.63) is 47.2 Å². The van der Waals surface area contributed by atoms with Gasteiger partial charge in [0.15, 0.2) is 5.82 Å². The molecule has 1 aliphatic rings. The summed E-state index contributed by atoms with van der Waals surface area (Å²) in [6, 6.07) is 7.55. The zero-order valence-electron chi connectivity index (χ0n) is 12.1. The van der Waals surface area contributed by atoms with E-state index < -0.39 is 0 Å². The third-order valence-corrected chi connectivity index (χ3v) is 3.64. The zero-order valence-corrected chi connectivity index (χ0v) is 12.8. The number of piperazine rings is 1. The van der Waals surface area contributed by atoms with Gasteiger partial charge >= 0.3 is 0 Å². The molecule has 0 aliphatic carbocycles. The highest BCUT2D eigenvalue weighted by atomic mass is 35.5. The Morgan fingerprint density at radius 1 is 1.41 bits per heavy atom. The molecule has 2 heterocycles. The normalized spacial score (nSPS) is 18.3. The summed E-state index contributed by atoms with van der Waals surface area (Å²) in [7, 11) is 0. The fraction of sp³-hybridized carbons (Fsp3) is 0.333. The van der Waals surface area contributed by atoms with Gasteiger partial charge in [-0.15, -0.1) is 0 Å². The molecule has 0 saturated carbocycles. The molecule has 1 unspecified atom stereocenters. The van der Waals surface area contributed by atoms with Crippen LogP contribution in [-0.4, -0.2) is 35.8 Å². The van der Waals surface area contributed by atoms with E-state index in [0.717, 1.165) is 24.5 Å². The highest BCUT2D eigenvalue weighted by Crippen LogP contribution is 2.17. The van der Waals surface area contributed by atoms with Crippen molar-refractivity contribution < 1.29 is 4.74 Å². The predicted octanol–water partition coefficient (Wildman–Crippen LogP) is 1.40. The summed E-state index contributed by atoms with van der Waals surface area (Å²) in [5, 5.41) is 3.88. The topological polar surface area (TPSA) is 76.3 Å². The molecule has 1 fully saturated rings. The number of rotatable bonds is 4. The van der Waals surface area contributed by atoms with Crippen LogP contribution in [0.3, 0.4) is 0 Å². The van der Waals surface area contributed by atoms with Crippen molar-refractivity contribution in [3.8, 4) is 5.88 Å². The monoisotopic (exact) mass is 319 g/mol. The molecule has 7 heteroatoms. The number of nitrogens with one attached hydrogen (secondary N) is 1. The number of benzene rings is 1. The van der Waals surface area contributed by atoms with E-state index >= 15 is 0 Å². The lowest BCUT2D eigenvalue weighted by atomic mass is 10.2. The molecule has 0 spiro atoms. The molecule has 1 aliphatic heterocycles. The Morgan fingerprint density at radius 2 is 2.32 bits per heavy atom. The van der Waals surface area contributed by atoms with Crippen LogP contribution < -0.4 is 20.7 Å². The van der Waals surface area contributed by atoms with E-state index in [2.05, 4.69) is 20.2 Å². The Kier molecular flexibility index (Phi) is 4.72. The first-order chi connectivity index (χ1) is 10.7. The second kappa shape index (κ2) is 6.91. The standard InChI is InChI=1S/C15H18ClN5O/c16-12-3-1-2-11(6-12)10-22-15-8-18-7-14(20-15)21-5-4-19-13(17)9-21/h1-3,6-8,13,19H,4-5,9-10,17H2. The molecule has 3 rings (SSSR count). The van der Waals surface area contributed by atoms with Gasteiger partial charge in [0, 0.05) is 24.7 Å². The van der Waals surface area contributed by atoms with Gasteiger partial charge in [-0.05, 0) is 17.7 Å². The van der Waals surface area contributed by atoms with Gasteiger partial charge in [-0.25, -0.2) is 0 Å². The highest BCUT2D eigenvalue weighted by molar-refractivity contribution is 6.30. The Bertz CT molecular complexity index is 639. The first-order valence-corrected chi connectivity index (χ1v) is 7.52. The van der Waals surface area contributed by atoms with Crippen LogP contribution in [-0.2, 0) is 6.61 Å². The van der Waals surface area contributed by atoms with Crippen LogP contribution in [0.5, 0.6) is 5.88 Å². The van der Waals surface area contributed by atoms with E-state index in [1.807, 2.05) is 24.3 Å². The number of hydrogen-bond acceptors (Lipinski definition) is 6. The van der Waals surface area contributed by atoms with Crippen LogP contribution in [0, 0.1) is 0 Å². The fourth-order valence-corrected chi connectivity index (χ4v) is 2.54. The second-order valence-corrected chi connectivity index (χ2v) is 5.58. The predicted molar refractivity (Wildman–Crippen MR) is 86.0 cm³/mol. The van der Waals surface area contributed by atoms with Crippen LogP contribution in [0.15, 0.2) is 36.7 Å². The number of halogens is 1. The Balaban J connectivity index is 1.66. The summed E-state index contributed by atoms with van der Waals surface area (Å²) in [4.78, 5) is 10.8. The molecule has 3 N–H and O–H groups in total. The molecule has 0 radical (unpaired) electrons. The summed E-state index contributed by atoms with van der Waals surface area (Å²) >= 11 is 5.96. The molecule has 22 heavy (non-hydrogen) atoms. The summed E-state index contributed by atoms with van der Waals surface area (Å²) in [6.45, 7) is 2.78. The van der Waals surface area contributed by atoms with E-state index in [-0.39, 0.29) is 6.17 Å². The largest absolute Gasteiger partial charge is 0.472 e. The average Bonchev–Trinajstić information content (AvgIpc) is 2.53. The minimum Gasteiger partial charge on any atom is -0.472 e. The highest BCUT2D eigenvalue weighted by Gasteiger charge is 2.17. The lowest BCUT2D eigenvalue weighted by molar-refractivity contribution is 0.292. The first-order valence-electron chi connectivity index (χ1n) is 7.14. The maximum Gasteiger partial charge on any atom is 0.234 e. The van der Waals surface area contributed by atoms with Gasteiger partial charge < -0.3 is 15.4 Å². The molecule has 1 aromatic carbocycles. The van der Waals surface area contributed by atoms with Crippen molar-refractivity contribution >= 4 is 17.4 Å². The van der Waals surface area contributed by atoms with Crippen LogP contribution in [0.25, 0.3) is 0 Å². The molecule has 2 aromatic rings. The average molecular weight is 320 g/mol. The molecule has 1 atom stereocenters. The minimum absolute atomic E-state index is 0.0495.